The summed E-state index contributed by atoms with van der Waals surface area (Å²) in [6, 6.07) is 8.51. The molecule has 0 bridgehead atoms. The summed E-state index contributed by atoms with van der Waals surface area (Å²) < 4.78 is 5.50. The van der Waals surface area contributed by atoms with Crippen LogP contribution < -0.4 is 15.5 Å². The molecule has 0 aromatic heterocycles. The third-order valence-electron chi connectivity index (χ3n) is 4.57. The first-order valence-corrected chi connectivity index (χ1v) is 8.78. The molecule has 1 aromatic rings. The Bertz CT molecular complexity index is 491. The summed E-state index contributed by atoms with van der Waals surface area (Å²) in [6.07, 6.45) is 5.45. The van der Waals surface area contributed by atoms with Gasteiger partial charge >= 0.3 is 0 Å². The van der Waals surface area contributed by atoms with Gasteiger partial charge in [-0.2, -0.15) is 0 Å². The van der Waals surface area contributed by atoms with Crippen LogP contribution in [-0.2, 0) is 9.53 Å². The van der Waals surface area contributed by atoms with Gasteiger partial charge in [-0.1, -0.05) is 0 Å². The zero-order valence-corrected chi connectivity index (χ0v) is 13.7. The van der Waals surface area contributed by atoms with E-state index in [2.05, 4.69) is 39.8 Å². The molecule has 0 spiro atoms. The predicted molar refractivity (Wildman–Crippen MR) is 93.0 cm³/mol. The van der Waals surface area contributed by atoms with Crippen LogP contribution in [-0.4, -0.2) is 44.8 Å². The minimum Gasteiger partial charge on any atom is -0.385 e. The van der Waals surface area contributed by atoms with Crippen molar-refractivity contribution in [3.63, 3.8) is 0 Å². The molecule has 2 saturated heterocycles. The SMILES string of the molecule is O=C(CCNc1ccc(N2CCCC2)cc1)NCC1CCCO1. The lowest BCUT2D eigenvalue weighted by Crippen LogP contribution is -2.32. The standard InChI is InChI=1S/C18H27N3O2/c22-18(20-14-17-4-3-13-23-17)9-10-19-15-5-7-16(8-6-15)21-11-1-2-12-21/h5-8,17,19H,1-4,9-14H2,(H,20,22). The van der Waals surface area contributed by atoms with Gasteiger partial charge in [0, 0.05) is 50.6 Å². The van der Waals surface area contributed by atoms with Gasteiger partial charge in [-0.15, -0.1) is 0 Å². The molecule has 2 aliphatic rings. The first kappa shape index (κ1) is 16.1. The van der Waals surface area contributed by atoms with Gasteiger partial charge in [-0.05, 0) is 49.9 Å². The number of carbonyl (C=O) groups excluding carboxylic acids is 1. The summed E-state index contributed by atoms with van der Waals surface area (Å²) >= 11 is 0. The van der Waals surface area contributed by atoms with E-state index in [4.69, 9.17) is 4.74 Å². The van der Waals surface area contributed by atoms with E-state index in [1.54, 1.807) is 0 Å². The Kier molecular flexibility index (Phi) is 5.75. The molecule has 2 fully saturated rings. The Hall–Kier alpha value is -1.75. The van der Waals surface area contributed by atoms with E-state index in [0.29, 0.717) is 19.5 Å². The third-order valence-corrected chi connectivity index (χ3v) is 4.57. The summed E-state index contributed by atoms with van der Waals surface area (Å²) in [6.45, 7) is 4.45. The van der Waals surface area contributed by atoms with Crippen molar-refractivity contribution in [1.29, 1.82) is 0 Å². The van der Waals surface area contributed by atoms with Gasteiger partial charge < -0.3 is 20.3 Å². The molecule has 1 atom stereocenters. The fourth-order valence-corrected chi connectivity index (χ4v) is 3.21. The molecule has 1 aromatic carbocycles. The largest absolute Gasteiger partial charge is 0.385 e. The zero-order valence-electron chi connectivity index (χ0n) is 13.7. The predicted octanol–water partition coefficient (Wildman–Crippen LogP) is 2.38. The zero-order chi connectivity index (χ0) is 15.9. The normalized spacial score (nSPS) is 20.7. The Morgan fingerprint density at radius 3 is 2.65 bits per heavy atom. The molecule has 23 heavy (non-hydrogen) atoms. The Balaban J connectivity index is 1.34. The van der Waals surface area contributed by atoms with Gasteiger partial charge in [0.2, 0.25) is 5.91 Å². The lowest BCUT2D eigenvalue weighted by atomic mass is 10.2. The molecule has 2 aliphatic heterocycles. The third kappa shape index (κ3) is 4.86. The number of nitrogens with zero attached hydrogens (tertiary/aromatic N) is 1. The van der Waals surface area contributed by atoms with Gasteiger partial charge in [-0.25, -0.2) is 0 Å². The van der Waals surface area contributed by atoms with Crippen molar-refractivity contribution in [3.8, 4) is 0 Å². The van der Waals surface area contributed by atoms with Crippen LogP contribution in [0.15, 0.2) is 24.3 Å². The molecule has 0 radical (unpaired) electrons. The summed E-state index contributed by atoms with van der Waals surface area (Å²) in [5.74, 6) is 0.0849. The van der Waals surface area contributed by atoms with E-state index in [9.17, 15) is 4.79 Å². The highest BCUT2D eigenvalue weighted by molar-refractivity contribution is 5.76. The van der Waals surface area contributed by atoms with Crippen molar-refractivity contribution in [2.45, 2.75) is 38.2 Å². The van der Waals surface area contributed by atoms with Crippen molar-refractivity contribution in [2.75, 3.05) is 43.0 Å². The molecular formula is C18H27N3O2. The van der Waals surface area contributed by atoms with Crippen LogP contribution in [0.3, 0.4) is 0 Å². The minimum absolute atomic E-state index is 0.0849. The first-order chi connectivity index (χ1) is 11.3. The Morgan fingerprint density at radius 2 is 1.96 bits per heavy atom. The lowest BCUT2D eigenvalue weighted by Gasteiger charge is -2.18. The van der Waals surface area contributed by atoms with Gasteiger partial charge in [-0.3, -0.25) is 4.79 Å². The van der Waals surface area contributed by atoms with Gasteiger partial charge in [0.1, 0.15) is 0 Å². The fraction of sp³-hybridized carbons (Fsp3) is 0.611. The molecule has 5 nitrogen and oxygen atoms in total. The number of anilines is 2. The van der Waals surface area contributed by atoms with Gasteiger partial charge in [0.15, 0.2) is 0 Å². The lowest BCUT2D eigenvalue weighted by molar-refractivity contribution is -0.121. The molecule has 3 rings (SSSR count). The number of amides is 1. The van der Waals surface area contributed by atoms with E-state index >= 15 is 0 Å². The second-order valence-corrected chi connectivity index (χ2v) is 6.36. The average molecular weight is 317 g/mol. The molecule has 0 aliphatic carbocycles. The summed E-state index contributed by atoms with van der Waals surface area (Å²) in [4.78, 5) is 14.2. The maximum absolute atomic E-state index is 11.8. The van der Waals surface area contributed by atoms with Crippen LogP contribution in [0, 0.1) is 0 Å². The molecule has 0 saturated carbocycles. The van der Waals surface area contributed by atoms with E-state index < -0.39 is 0 Å². The van der Waals surface area contributed by atoms with Crippen molar-refractivity contribution < 1.29 is 9.53 Å². The van der Waals surface area contributed by atoms with Crippen molar-refractivity contribution in [2.24, 2.45) is 0 Å². The molecular weight excluding hydrogens is 290 g/mol. The first-order valence-electron chi connectivity index (χ1n) is 8.78. The van der Waals surface area contributed by atoms with E-state index in [1.807, 2.05) is 0 Å². The maximum Gasteiger partial charge on any atom is 0.221 e. The average Bonchev–Trinajstić information content (AvgIpc) is 3.27. The number of hydrogen-bond donors (Lipinski definition) is 2. The second-order valence-electron chi connectivity index (χ2n) is 6.36. The number of rotatable bonds is 7. The molecule has 126 valence electrons. The highest BCUT2D eigenvalue weighted by Crippen LogP contribution is 2.21. The molecule has 2 heterocycles. The summed E-state index contributed by atoms with van der Waals surface area (Å²) in [7, 11) is 0. The Morgan fingerprint density at radius 1 is 1.17 bits per heavy atom. The van der Waals surface area contributed by atoms with E-state index in [1.165, 1.54) is 18.5 Å². The number of carbonyl (C=O) groups is 1. The van der Waals surface area contributed by atoms with Crippen LogP contribution in [0.5, 0.6) is 0 Å². The fourth-order valence-electron chi connectivity index (χ4n) is 3.21. The molecule has 1 amide bonds. The quantitative estimate of drug-likeness (QED) is 0.811. The van der Waals surface area contributed by atoms with Crippen molar-refractivity contribution >= 4 is 17.3 Å². The number of ether oxygens (including phenoxy) is 1. The van der Waals surface area contributed by atoms with Gasteiger partial charge in [0.05, 0.1) is 6.10 Å². The molecule has 5 heteroatoms. The smallest absolute Gasteiger partial charge is 0.221 e. The summed E-state index contributed by atoms with van der Waals surface area (Å²) in [5.41, 5.74) is 2.36. The number of benzene rings is 1. The van der Waals surface area contributed by atoms with Crippen LogP contribution in [0.4, 0.5) is 11.4 Å². The second kappa shape index (κ2) is 8.20. The highest BCUT2D eigenvalue weighted by Gasteiger charge is 2.16. The summed E-state index contributed by atoms with van der Waals surface area (Å²) in [5, 5.41) is 6.26. The topological polar surface area (TPSA) is 53.6 Å². The van der Waals surface area contributed by atoms with Crippen molar-refractivity contribution in [1.82, 2.24) is 5.32 Å². The molecule has 2 N–H and O–H groups in total. The van der Waals surface area contributed by atoms with Crippen LogP contribution in [0.1, 0.15) is 32.1 Å². The maximum atomic E-state index is 11.8. The van der Waals surface area contributed by atoms with E-state index in [-0.39, 0.29) is 12.0 Å². The monoisotopic (exact) mass is 317 g/mol. The van der Waals surface area contributed by atoms with Crippen molar-refractivity contribution in [3.05, 3.63) is 24.3 Å². The molecule has 1 unspecified atom stereocenters. The highest BCUT2D eigenvalue weighted by atomic mass is 16.5. The minimum atomic E-state index is 0.0849. The number of nitrogens with one attached hydrogen (secondary N) is 2. The van der Waals surface area contributed by atoms with Crippen LogP contribution in [0.2, 0.25) is 0 Å². The van der Waals surface area contributed by atoms with Gasteiger partial charge in [0.25, 0.3) is 0 Å². The number of hydrogen-bond acceptors (Lipinski definition) is 4. The van der Waals surface area contributed by atoms with Crippen LogP contribution in [0.25, 0.3) is 0 Å². The van der Waals surface area contributed by atoms with Crippen LogP contribution >= 0.6 is 0 Å². The van der Waals surface area contributed by atoms with E-state index in [0.717, 1.165) is 38.2 Å². The Labute approximate surface area is 138 Å².